The van der Waals surface area contributed by atoms with Gasteiger partial charge in [-0.2, -0.15) is 0 Å². The highest BCUT2D eigenvalue weighted by molar-refractivity contribution is 5.36. The molecule has 4 rings (SSSR count). The van der Waals surface area contributed by atoms with E-state index in [4.69, 9.17) is 9.47 Å². The molecule has 4 heteroatoms. The maximum Gasteiger partial charge on any atom is 0.119 e. The molecule has 0 bridgehead atoms. The summed E-state index contributed by atoms with van der Waals surface area (Å²) in [7, 11) is 0. The van der Waals surface area contributed by atoms with Crippen LogP contribution in [0, 0.1) is 0 Å². The Balaban J connectivity index is 1.71. The fraction of sp³-hybridized carbons (Fsp3) is 0.379. The summed E-state index contributed by atoms with van der Waals surface area (Å²) < 4.78 is 11.2. The monoisotopic (exact) mass is 445 g/mol. The predicted octanol–water partition coefficient (Wildman–Crippen LogP) is 5.02. The van der Waals surface area contributed by atoms with Crippen molar-refractivity contribution >= 4 is 0 Å². The Morgan fingerprint density at radius 1 is 0.909 bits per heavy atom. The Morgan fingerprint density at radius 2 is 1.55 bits per heavy atom. The van der Waals surface area contributed by atoms with Gasteiger partial charge in [-0.1, -0.05) is 72.8 Å². The topological polar surface area (TPSA) is 41.9 Å². The Hall–Kier alpha value is -2.66. The van der Waals surface area contributed by atoms with Gasteiger partial charge in [0, 0.05) is 25.6 Å². The number of hydrogen-bond donors (Lipinski definition) is 1. The van der Waals surface area contributed by atoms with Crippen LogP contribution in [0.2, 0.25) is 0 Å². The lowest BCUT2D eigenvalue weighted by Crippen LogP contribution is -2.45. The summed E-state index contributed by atoms with van der Waals surface area (Å²) in [6.07, 6.45) is 1.44. The van der Waals surface area contributed by atoms with E-state index in [9.17, 15) is 5.11 Å². The fourth-order valence-electron chi connectivity index (χ4n) is 4.77. The van der Waals surface area contributed by atoms with Gasteiger partial charge < -0.3 is 14.6 Å². The summed E-state index contributed by atoms with van der Waals surface area (Å²) >= 11 is 0. The molecule has 0 radical (unpaired) electrons. The molecule has 1 N–H and O–H groups in total. The molecule has 0 spiro atoms. The molecule has 4 nitrogen and oxygen atoms in total. The van der Waals surface area contributed by atoms with Gasteiger partial charge in [-0.3, -0.25) is 4.90 Å². The minimum atomic E-state index is -1.03. The first-order valence-corrected chi connectivity index (χ1v) is 12.0. The van der Waals surface area contributed by atoms with E-state index in [1.165, 1.54) is 5.56 Å². The third-order valence-electron chi connectivity index (χ3n) is 6.63. The van der Waals surface area contributed by atoms with E-state index in [0.29, 0.717) is 13.0 Å². The molecule has 0 aromatic heterocycles. The quantitative estimate of drug-likeness (QED) is 0.476. The summed E-state index contributed by atoms with van der Waals surface area (Å²) in [6.45, 7) is 6.66. The SMILES string of the molecule is CCOc1ccc(C(O)(CCc2ccccc2)C(CN2CCOCC2)c2ccccc2)cc1. The van der Waals surface area contributed by atoms with Gasteiger partial charge in [0.25, 0.3) is 0 Å². The largest absolute Gasteiger partial charge is 0.494 e. The molecule has 2 atom stereocenters. The van der Waals surface area contributed by atoms with Crippen molar-refractivity contribution in [3.8, 4) is 5.75 Å². The highest BCUT2D eigenvalue weighted by atomic mass is 16.5. The Morgan fingerprint density at radius 3 is 2.18 bits per heavy atom. The van der Waals surface area contributed by atoms with Crippen LogP contribution in [0.1, 0.15) is 36.0 Å². The van der Waals surface area contributed by atoms with Gasteiger partial charge in [0.2, 0.25) is 0 Å². The average molecular weight is 446 g/mol. The van der Waals surface area contributed by atoms with Crippen molar-refractivity contribution in [1.82, 2.24) is 4.90 Å². The van der Waals surface area contributed by atoms with Crippen molar-refractivity contribution in [1.29, 1.82) is 0 Å². The second kappa shape index (κ2) is 11.5. The zero-order valence-electron chi connectivity index (χ0n) is 19.5. The molecule has 0 saturated carbocycles. The number of morpholine rings is 1. The number of aliphatic hydroxyl groups is 1. The molecule has 1 heterocycles. The van der Waals surface area contributed by atoms with Gasteiger partial charge in [-0.05, 0) is 48.6 Å². The zero-order valence-corrected chi connectivity index (χ0v) is 19.5. The minimum Gasteiger partial charge on any atom is -0.494 e. The molecule has 3 aromatic rings. The first-order valence-electron chi connectivity index (χ1n) is 12.0. The maximum absolute atomic E-state index is 12.5. The first kappa shape index (κ1) is 23.5. The third-order valence-corrected chi connectivity index (χ3v) is 6.63. The molecular formula is C29H35NO3. The van der Waals surface area contributed by atoms with Crippen molar-refractivity contribution in [2.24, 2.45) is 0 Å². The third kappa shape index (κ3) is 6.02. The van der Waals surface area contributed by atoms with Crippen molar-refractivity contribution in [3.63, 3.8) is 0 Å². The second-order valence-corrected chi connectivity index (χ2v) is 8.74. The van der Waals surface area contributed by atoms with E-state index < -0.39 is 5.60 Å². The van der Waals surface area contributed by atoms with E-state index in [1.807, 2.05) is 43.3 Å². The standard InChI is InChI=1S/C29H35NO3/c1-2-33-27-15-13-26(14-16-27)29(31,18-17-24-9-5-3-6-10-24)28(25-11-7-4-8-12-25)23-30-19-21-32-22-20-30/h3-16,28,31H,2,17-23H2,1H3. The number of benzene rings is 3. The summed E-state index contributed by atoms with van der Waals surface area (Å²) in [5, 5.41) is 12.5. The van der Waals surface area contributed by atoms with Crippen molar-refractivity contribution in [2.75, 3.05) is 39.5 Å². The molecule has 2 unspecified atom stereocenters. The predicted molar refractivity (Wildman–Crippen MR) is 133 cm³/mol. The molecule has 174 valence electrons. The van der Waals surface area contributed by atoms with Crippen LogP contribution in [0.3, 0.4) is 0 Å². The average Bonchev–Trinajstić information content (AvgIpc) is 2.88. The van der Waals surface area contributed by atoms with Crippen LogP contribution in [0.15, 0.2) is 84.9 Å². The zero-order chi connectivity index (χ0) is 22.9. The normalized spacial score (nSPS) is 17.3. The second-order valence-electron chi connectivity index (χ2n) is 8.74. The van der Waals surface area contributed by atoms with Gasteiger partial charge >= 0.3 is 0 Å². The minimum absolute atomic E-state index is 0.0709. The van der Waals surface area contributed by atoms with E-state index in [-0.39, 0.29) is 5.92 Å². The lowest BCUT2D eigenvalue weighted by Gasteiger charge is -2.41. The summed E-state index contributed by atoms with van der Waals surface area (Å²) in [5.74, 6) is 0.759. The molecule has 0 amide bonds. The molecule has 0 aliphatic carbocycles. The number of nitrogens with zero attached hydrogens (tertiary/aromatic N) is 1. The van der Waals surface area contributed by atoms with Crippen molar-refractivity contribution in [3.05, 3.63) is 102 Å². The molecule has 33 heavy (non-hydrogen) atoms. The van der Waals surface area contributed by atoms with E-state index in [0.717, 1.165) is 56.1 Å². The summed E-state index contributed by atoms with van der Waals surface area (Å²) in [4.78, 5) is 2.42. The van der Waals surface area contributed by atoms with Gasteiger partial charge in [0.05, 0.1) is 25.4 Å². The lowest BCUT2D eigenvalue weighted by atomic mass is 9.73. The van der Waals surface area contributed by atoms with Crippen LogP contribution >= 0.6 is 0 Å². The van der Waals surface area contributed by atoms with Crippen LogP contribution in [0.4, 0.5) is 0 Å². The van der Waals surface area contributed by atoms with Crippen LogP contribution < -0.4 is 4.74 Å². The molecule has 3 aromatic carbocycles. The molecule has 1 aliphatic heterocycles. The number of rotatable bonds is 10. The fourth-order valence-corrected chi connectivity index (χ4v) is 4.77. The Kier molecular flexibility index (Phi) is 8.16. The highest BCUT2D eigenvalue weighted by Crippen LogP contribution is 2.42. The maximum atomic E-state index is 12.5. The van der Waals surface area contributed by atoms with Gasteiger partial charge in [-0.25, -0.2) is 0 Å². The number of aryl methyl sites for hydroxylation is 1. The highest BCUT2D eigenvalue weighted by Gasteiger charge is 2.40. The molecular weight excluding hydrogens is 410 g/mol. The molecule has 1 saturated heterocycles. The summed E-state index contributed by atoms with van der Waals surface area (Å²) in [5.41, 5.74) is 2.30. The van der Waals surface area contributed by atoms with Gasteiger partial charge in [-0.15, -0.1) is 0 Å². The Bertz CT molecular complexity index is 955. The van der Waals surface area contributed by atoms with E-state index in [1.54, 1.807) is 0 Å². The smallest absolute Gasteiger partial charge is 0.119 e. The van der Waals surface area contributed by atoms with Crippen molar-refractivity contribution in [2.45, 2.75) is 31.3 Å². The van der Waals surface area contributed by atoms with Gasteiger partial charge in [0.15, 0.2) is 0 Å². The van der Waals surface area contributed by atoms with Crippen LogP contribution in [0.5, 0.6) is 5.75 Å². The van der Waals surface area contributed by atoms with Crippen LogP contribution in [-0.4, -0.2) is 49.5 Å². The van der Waals surface area contributed by atoms with Gasteiger partial charge in [0.1, 0.15) is 5.75 Å². The van der Waals surface area contributed by atoms with E-state index in [2.05, 4.69) is 53.4 Å². The first-order chi connectivity index (χ1) is 16.2. The lowest BCUT2D eigenvalue weighted by molar-refractivity contribution is -0.0279. The van der Waals surface area contributed by atoms with Crippen LogP contribution in [-0.2, 0) is 16.8 Å². The van der Waals surface area contributed by atoms with Crippen LogP contribution in [0.25, 0.3) is 0 Å². The molecule has 1 aliphatic rings. The summed E-state index contributed by atoms with van der Waals surface area (Å²) in [6, 6.07) is 28.9. The number of ether oxygens (including phenoxy) is 2. The molecule has 1 fully saturated rings. The Labute approximate surface area is 197 Å². The van der Waals surface area contributed by atoms with E-state index >= 15 is 0 Å². The number of hydrogen-bond acceptors (Lipinski definition) is 4. The van der Waals surface area contributed by atoms with Crippen molar-refractivity contribution < 1.29 is 14.6 Å².